The summed E-state index contributed by atoms with van der Waals surface area (Å²) in [5.41, 5.74) is 0. The molecule has 1 unspecified atom stereocenters. The Kier molecular flexibility index (Phi) is 9.40. The largest absolute Gasteiger partial charge is 0.378 e. The van der Waals surface area contributed by atoms with Crippen LogP contribution >= 0.6 is 15.9 Å². The lowest BCUT2D eigenvalue weighted by atomic mass is 10.1. The maximum atomic E-state index is 5.50. The van der Waals surface area contributed by atoms with Crippen molar-refractivity contribution in [1.82, 2.24) is 4.90 Å². The van der Waals surface area contributed by atoms with E-state index in [1.54, 1.807) is 0 Å². The minimum Gasteiger partial charge on any atom is -0.378 e. The van der Waals surface area contributed by atoms with Crippen molar-refractivity contribution < 1.29 is 4.74 Å². The molecule has 17 heavy (non-hydrogen) atoms. The van der Waals surface area contributed by atoms with E-state index in [4.69, 9.17) is 4.74 Å². The van der Waals surface area contributed by atoms with Crippen LogP contribution in [0.3, 0.4) is 0 Å². The SMILES string of the molecule is CCCCCCCCCN1CCOCC1CBr. The zero-order valence-corrected chi connectivity index (χ0v) is 12.9. The van der Waals surface area contributed by atoms with Gasteiger partial charge < -0.3 is 4.74 Å². The molecule has 0 spiro atoms. The molecule has 3 heteroatoms. The molecule has 0 aromatic carbocycles. The van der Waals surface area contributed by atoms with Crippen LogP contribution in [0.25, 0.3) is 0 Å². The van der Waals surface area contributed by atoms with Crippen molar-refractivity contribution in [2.75, 3.05) is 31.6 Å². The van der Waals surface area contributed by atoms with Gasteiger partial charge in [-0.15, -0.1) is 0 Å². The normalized spacial score (nSPS) is 21.9. The van der Waals surface area contributed by atoms with Crippen LogP contribution in [-0.2, 0) is 4.74 Å². The minimum absolute atomic E-state index is 0.601. The molecule has 0 amide bonds. The quantitative estimate of drug-likeness (QED) is 0.474. The van der Waals surface area contributed by atoms with Crippen LogP contribution in [0.15, 0.2) is 0 Å². The second kappa shape index (κ2) is 10.3. The van der Waals surface area contributed by atoms with E-state index < -0.39 is 0 Å². The summed E-state index contributed by atoms with van der Waals surface area (Å²) >= 11 is 3.58. The average molecular weight is 306 g/mol. The maximum Gasteiger partial charge on any atom is 0.0630 e. The Morgan fingerprint density at radius 3 is 2.53 bits per heavy atom. The number of rotatable bonds is 9. The number of alkyl halides is 1. The monoisotopic (exact) mass is 305 g/mol. The third-order valence-electron chi connectivity index (χ3n) is 3.58. The van der Waals surface area contributed by atoms with Crippen molar-refractivity contribution in [2.24, 2.45) is 0 Å². The molecule has 102 valence electrons. The van der Waals surface area contributed by atoms with E-state index in [9.17, 15) is 0 Å². The second-order valence-corrected chi connectivity index (χ2v) is 5.69. The summed E-state index contributed by atoms with van der Waals surface area (Å²) in [7, 11) is 0. The Morgan fingerprint density at radius 1 is 1.12 bits per heavy atom. The molecule has 0 radical (unpaired) electrons. The lowest BCUT2D eigenvalue weighted by Gasteiger charge is -2.34. The zero-order valence-electron chi connectivity index (χ0n) is 11.3. The van der Waals surface area contributed by atoms with Gasteiger partial charge in [0.1, 0.15) is 0 Å². The lowest BCUT2D eigenvalue weighted by molar-refractivity contribution is 0.00130. The van der Waals surface area contributed by atoms with Crippen molar-refractivity contribution in [3.63, 3.8) is 0 Å². The molecule has 1 heterocycles. The van der Waals surface area contributed by atoms with Crippen molar-refractivity contribution >= 4 is 15.9 Å². The number of morpholine rings is 1. The van der Waals surface area contributed by atoms with E-state index in [0.717, 1.165) is 25.1 Å². The first-order chi connectivity index (χ1) is 8.38. The summed E-state index contributed by atoms with van der Waals surface area (Å²) in [6, 6.07) is 0.601. The lowest BCUT2D eigenvalue weighted by Crippen LogP contribution is -2.46. The molecule has 0 aromatic rings. The van der Waals surface area contributed by atoms with Crippen LogP contribution < -0.4 is 0 Å². The Morgan fingerprint density at radius 2 is 1.82 bits per heavy atom. The molecule has 0 bridgehead atoms. The maximum absolute atomic E-state index is 5.50. The third kappa shape index (κ3) is 6.78. The summed E-state index contributed by atoms with van der Waals surface area (Å²) in [5.74, 6) is 0. The Labute approximate surface area is 115 Å². The molecule has 0 N–H and O–H groups in total. The molecule has 1 aliphatic heterocycles. The fourth-order valence-corrected chi connectivity index (χ4v) is 2.99. The number of unbranched alkanes of at least 4 members (excludes halogenated alkanes) is 6. The van der Waals surface area contributed by atoms with E-state index in [-0.39, 0.29) is 0 Å². The smallest absolute Gasteiger partial charge is 0.0630 e. The fraction of sp³-hybridized carbons (Fsp3) is 1.00. The minimum atomic E-state index is 0.601. The van der Waals surface area contributed by atoms with E-state index in [1.165, 1.54) is 51.5 Å². The van der Waals surface area contributed by atoms with Crippen molar-refractivity contribution in [3.8, 4) is 0 Å². The van der Waals surface area contributed by atoms with Crippen molar-refractivity contribution in [3.05, 3.63) is 0 Å². The first kappa shape index (κ1) is 15.5. The van der Waals surface area contributed by atoms with E-state index >= 15 is 0 Å². The van der Waals surface area contributed by atoms with Gasteiger partial charge in [0.2, 0.25) is 0 Å². The highest BCUT2D eigenvalue weighted by molar-refractivity contribution is 9.09. The van der Waals surface area contributed by atoms with Crippen LogP contribution in [0.5, 0.6) is 0 Å². The zero-order chi connectivity index (χ0) is 12.3. The molecule has 2 nitrogen and oxygen atoms in total. The standard InChI is InChI=1S/C14H28BrNO/c1-2-3-4-5-6-7-8-9-16-10-11-17-13-14(16)12-15/h14H,2-13H2,1H3. The van der Waals surface area contributed by atoms with Crippen LogP contribution in [0.2, 0.25) is 0 Å². The Balaban J connectivity index is 1.97. The Bertz CT molecular complexity index is 178. The molecule has 1 rings (SSSR count). The number of nitrogens with zero attached hydrogens (tertiary/aromatic N) is 1. The molecule has 1 atom stereocenters. The van der Waals surface area contributed by atoms with Gasteiger partial charge in [0.05, 0.1) is 13.2 Å². The van der Waals surface area contributed by atoms with Crippen LogP contribution in [0, 0.1) is 0 Å². The second-order valence-electron chi connectivity index (χ2n) is 5.04. The fourth-order valence-electron chi connectivity index (χ4n) is 2.40. The summed E-state index contributed by atoms with van der Waals surface area (Å²) < 4.78 is 5.50. The molecule has 1 aliphatic rings. The predicted octanol–water partition coefficient (Wildman–Crippen LogP) is 3.83. The first-order valence-electron chi connectivity index (χ1n) is 7.26. The van der Waals surface area contributed by atoms with Gasteiger partial charge in [0, 0.05) is 17.9 Å². The van der Waals surface area contributed by atoms with Crippen LogP contribution in [0.4, 0.5) is 0 Å². The molecule has 0 aliphatic carbocycles. The summed E-state index contributed by atoms with van der Waals surface area (Å²) in [6.45, 7) is 6.47. The van der Waals surface area contributed by atoms with Gasteiger partial charge >= 0.3 is 0 Å². The van der Waals surface area contributed by atoms with E-state index in [1.807, 2.05) is 0 Å². The summed E-state index contributed by atoms with van der Waals surface area (Å²) in [4.78, 5) is 2.59. The highest BCUT2D eigenvalue weighted by Gasteiger charge is 2.20. The molecule has 1 fully saturated rings. The molecular weight excluding hydrogens is 278 g/mol. The molecule has 0 aromatic heterocycles. The van der Waals surface area contributed by atoms with Gasteiger partial charge in [0.25, 0.3) is 0 Å². The van der Waals surface area contributed by atoms with Gasteiger partial charge in [0.15, 0.2) is 0 Å². The van der Waals surface area contributed by atoms with E-state index in [0.29, 0.717) is 6.04 Å². The third-order valence-corrected chi connectivity index (χ3v) is 4.32. The van der Waals surface area contributed by atoms with Gasteiger partial charge in [-0.25, -0.2) is 0 Å². The van der Waals surface area contributed by atoms with Crippen LogP contribution in [0.1, 0.15) is 51.9 Å². The number of hydrogen-bond acceptors (Lipinski definition) is 2. The highest BCUT2D eigenvalue weighted by atomic mass is 79.9. The first-order valence-corrected chi connectivity index (χ1v) is 8.38. The molecule has 0 saturated carbocycles. The highest BCUT2D eigenvalue weighted by Crippen LogP contribution is 2.12. The van der Waals surface area contributed by atoms with Gasteiger partial charge in [-0.1, -0.05) is 61.4 Å². The van der Waals surface area contributed by atoms with Gasteiger partial charge in [-0.05, 0) is 13.0 Å². The van der Waals surface area contributed by atoms with Gasteiger partial charge in [-0.3, -0.25) is 4.90 Å². The molecular formula is C14H28BrNO. The predicted molar refractivity (Wildman–Crippen MR) is 78.0 cm³/mol. The summed E-state index contributed by atoms with van der Waals surface area (Å²) in [5, 5.41) is 1.05. The topological polar surface area (TPSA) is 12.5 Å². The number of hydrogen-bond donors (Lipinski definition) is 0. The number of halogens is 1. The van der Waals surface area contributed by atoms with Crippen molar-refractivity contribution in [2.45, 2.75) is 57.9 Å². The van der Waals surface area contributed by atoms with Crippen LogP contribution in [-0.4, -0.2) is 42.6 Å². The number of ether oxygens (including phenoxy) is 1. The van der Waals surface area contributed by atoms with Crippen molar-refractivity contribution in [1.29, 1.82) is 0 Å². The average Bonchev–Trinajstić information content (AvgIpc) is 2.38. The molecule has 1 saturated heterocycles. The van der Waals surface area contributed by atoms with Gasteiger partial charge in [-0.2, -0.15) is 0 Å². The summed E-state index contributed by atoms with van der Waals surface area (Å²) in [6.07, 6.45) is 9.79. The van der Waals surface area contributed by atoms with E-state index in [2.05, 4.69) is 27.8 Å². The Hall–Kier alpha value is 0.400.